The minimum atomic E-state index is -4.46. The van der Waals surface area contributed by atoms with E-state index in [0.29, 0.717) is 13.0 Å². The number of aliphatic hydroxyl groups excluding tert-OH is 1. The van der Waals surface area contributed by atoms with Crippen LogP contribution in [0.3, 0.4) is 0 Å². The number of rotatable bonds is 5. The summed E-state index contributed by atoms with van der Waals surface area (Å²) in [7, 11) is 0. The molecule has 0 aliphatic heterocycles. The van der Waals surface area contributed by atoms with Crippen LogP contribution < -0.4 is 5.32 Å². The van der Waals surface area contributed by atoms with Gasteiger partial charge in [-0.3, -0.25) is 0 Å². The molecular formula is C10H14F3N3O. The third-order valence-corrected chi connectivity index (χ3v) is 2.18. The highest BCUT2D eigenvalue weighted by Gasteiger charge is 2.32. The highest BCUT2D eigenvalue weighted by atomic mass is 19.4. The van der Waals surface area contributed by atoms with Crippen LogP contribution in [-0.2, 0) is 6.18 Å². The fraction of sp³-hybridized carbons (Fsp3) is 0.600. The molecule has 0 bridgehead atoms. The summed E-state index contributed by atoms with van der Waals surface area (Å²) in [4.78, 5) is 7.07. The number of anilines is 1. The molecule has 0 saturated carbocycles. The van der Waals surface area contributed by atoms with E-state index < -0.39 is 11.9 Å². The average Bonchev–Trinajstić information content (AvgIpc) is 2.26. The molecule has 0 aliphatic carbocycles. The lowest BCUT2D eigenvalue weighted by atomic mass is 10.1. The second-order valence-corrected chi connectivity index (χ2v) is 3.76. The lowest BCUT2D eigenvalue weighted by Gasteiger charge is -2.12. The lowest BCUT2D eigenvalue weighted by Crippen LogP contribution is -2.16. The van der Waals surface area contributed by atoms with Gasteiger partial charge in [-0.2, -0.15) is 13.2 Å². The van der Waals surface area contributed by atoms with Crippen LogP contribution in [0.5, 0.6) is 0 Å². The third kappa shape index (κ3) is 4.56. The summed E-state index contributed by atoms with van der Waals surface area (Å²) >= 11 is 0. The molecule has 0 saturated heterocycles. The predicted molar refractivity (Wildman–Crippen MR) is 56.4 cm³/mol. The Kier molecular flexibility index (Phi) is 4.68. The van der Waals surface area contributed by atoms with Gasteiger partial charge >= 0.3 is 6.18 Å². The molecule has 1 aromatic heterocycles. The van der Waals surface area contributed by atoms with Crippen molar-refractivity contribution in [3.63, 3.8) is 0 Å². The van der Waals surface area contributed by atoms with Crippen LogP contribution in [0.2, 0.25) is 0 Å². The summed E-state index contributed by atoms with van der Waals surface area (Å²) in [5, 5.41) is 11.4. The van der Waals surface area contributed by atoms with Crippen molar-refractivity contribution in [2.45, 2.75) is 19.5 Å². The number of aromatic nitrogens is 2. The molecule has 7 heteroatoms. The summed E-state index contributed by atoms with van der Waals surface area (Å²) in [6.45, 7) is 2.34. The van der Waals surface area contributed by atoms with E-state index in [9.17, 15) is 13.2 Å². The number of aliphatic hydroxyl groups is 1. The second kappa shape index (κ2) is 5.81. The largest absolute Gasteiger partial charge is 0.433 e. The number of hydrogen-bond donors (Lipinski definition) is 2. The van der Waals surface area contributed by atoms with Gasteiger partial charge in [0.1, 0.15) is 5.69 Å². The van der Waals surface area contributed by atoms with Gasteiger partial charge in [0.2, 0.25) is 5.95 Å². The summed E-state index contributed by atoms with van der Waals surface area (Å²) in [5.74, 6) is 0.0859. The van der Waals surface area contributed by atoms with Crippen LogP contribution in [0, 0.1) is 5.92 Å². The zero-order valence-corrected chi connectivity index (χ0v) is 9.33. The number of alkyl halides is 3. The van der Waals surface area contributed by atoms with Crippen molar-refractivity contribution in [1.82, 2.24) is 9.97 Å². The van der Waals surface area contributed by atoms with E-state index in [0.717, 1.165) is 12.3 Å². The average molecular weight is 249 g/mol. The second-order valence-electron chi connectivity index (χ2n) is 3.76. The van der Waals surface area contributed by atoms with Gasteiger partial charge in [-0.05, 0) is 18.4 Å². The van der Waals surface area contributed by atoms with Crippen LogP contribution in [-0.4, -0.2) is 28.2 Å². The number of nitrogens with zero attached hydrogens (tertiary/aromatic N) is 2. The number of halogens is 3. The van der Waals surface area contributed by atoms with E-state index in [1.54, 1.807) is 0 Å². The molecule has 96 valence electrons. The van der Waals surface area contributed by atoms with Gasteiger partial charge in [0.05, 0.1) is 0 Å². The van der Waals surface area contributed by atoms with E-state index in [1.807, 2.05) is 6.92 Å². The van der Waals surface area contributed by atoms with Crippen molar-refractivity contribution in [3.8, 4) is 0 Å². The van der Waals surface area contributed by atoms with Gasteiger partial charge < -0.3 is 10.4 Å². The molecule has 2 N–H and O–H groups in total. The summed E-state index contributed by atoms with van der Waals surface area (Å²) in [6, 6.07) is 0.822. The Morgan fingerprint density at radius 3 is 2.76 bits per heavy atom. The predicted octanol–water partition coefficient (Wildman–Crippen LogP) is 1.93. The van der Waals surface area contributed by atoms with Gasteiger partial charge in [-0.25, -0.2) is 9.97 Å². The fourth-order valence-corrected chi connectivity index (χ4v) is 1.19. The highest BCUT2D eigenvalue weighted by molar-refractivity contribution is 5.25. The highest BCUT2D eigenvalue weighted by Crippen LogP contribution is 2.27. The molecule has 0 amide bonds. The van der Waals surface area contributed by atoms with Crippen molar-refractivity contribution in [3.05, 3.63) is 18.0 Å². The van der Waals surface area contributed by atoms with Crippen LogP contribution in [0.4, 0.5) is 19.1 Å². The Hall–Kier alpha value is -1.37. The van der Waals surface area contributed by atoms with E-state index in [1.165, 1.54) is 0 Å². The van der Waals surface area contributed by atoms with E-state index in [4.69, 9.17) is 5.11 Å². The van der Waals surface area contributed by atoms with Crippen LogP contribution in [0.25, 0.3) is 0 Å². The maximum absolute atomic E-state index is 12.3. The van der Waals surface area contributed by atoms with E-state index in [2.05, 4.69) is 15.3 Å². The normalized spacial score (nSPS) is 13.5. The maximum Gasteiger partial charge on any atom is 0.433 e. The first-order valence-electron chi connectivity index (χ1n) is 5.18. The topological polar surface area (TPSA) is 58.0 Å². The molecule has 1 aromatic rings. The summed E-state index contributed by atoms with van der Waals surface area (Å²) in [5.41, 5.74) is -0.968. The molecule has 0 spiro atoms. The minimum absolute atomic E-state index is 0.0479. The molecule has 0 aromatic carbocycles. The van der Waals surface area contributed by atoms with Gasteiger partial charge in [-0.1, -0.05) is 6.92 Å². The van der Waals surface area contributed by atoms with Gasteiger partial charge in [-0.15, -0.1) is 0 Å². The molecule has 17 heavy (non-hydrogen) atoms. The molecule has 1 rings (SSSR count). The van der Waals surface area contributed by atoms with Gasteiger partial charge in [0.25, 0.3) is 0 Å². The van der Waals surface area contributed by atoms with Crippen molar-refractivity contribution in [2.75, 3.05) is 18.5 Å². The van der Waals surface area contributed by atoms with Crippen molar-refractivity contribution in [1.29, 1.82) is 0 Å². The molecular weight excluding hydrogens is 235 g/mol. The van der Waals surface area contributed by atoms with E-state index >= 15 is 0 Å². The number of hydrogen-bond acceptors (Lipinski definition) is 4. The first kappa shape index (κ1) is 13.7. The Labute approximate surface area is 96.9 Å². The monoisotopic (exact) mass is 249 g/mol. The molecule has 0 fully saturated rings. The van der Waals surface area contributed by atoms with Crippen LogP contribution >= 0.6 is 0 Å². The zero-order valence-electron chi connectivity index (χ0n) is 9.33. The van der Waals surface area contributed by atoms with Crippen molar-refractivity contribution in [2.24, 2.45) is 5.92 Å². The Bertz CT molecular complexity index is 357. The number of nitrogens with one attached hydrogen (secondary N) is 1. The van der Waals surface area contributed by atoms with Gasteiger partial charge in [0, 0.05) is 19.3 Å². The first-order valence-corrected chi connectivity index (χ1v) is 5.18. The standard InChI is InChI=1S/C10H14F3N3O/c1-7(3-5-17)6-15-9-14-4-2-8(16-9)10(11,12)13/h2,4,7,17H,3,5-6H2,1H3,(H,14,15,16). The Balaban J connectivity index is 2.60. The zero-order chi connectivity index (χ0) is 12.9. The smallest absolute Gasteiger partial charge is 0.396 e. The third-order valence-electron chi connectivity index (χ3n) is 2.18. The molecule has 4 nitrogen and oxygen atoms in total. The van der Waals surface area contributed by atoms with E-state index in [-0.39, 0.29) is 18.5 Å². The van der Waals surface area contributed by atoms with Crippen LogP contribution in [0.15, 0.2) is 12.3 Å². The van der Waals surface area contributed by atoms with Crippen molar-refractivity contribution >= 4 is 5.95 Å². The SMILES string of the molecule is CC(CCO)CNc1nccc(C(F)(F)F)n1. The summed E-state index contributed by atoms with van der Waals surface area (Å²) < 4.78 is 37.0. The Morgan fingerprint density at radius 1 is 1.47 bits per heavy atom. The molecule has 1 atom stereocenters. The quantitative estimate of drug-likeness (QED) is 0.837. The van der Waals surface area contributed by atoms with Gasteiger partial charge in [0.15, 0.2) is 0 Å². The summed E-state index contributed by atoms with van der Waals surface area (Å²) in [6.07, 6.45) is -2.82. The van der Waals surface area contributed by atoms with Crippen LogP contribution in [0.1, 0.15) is 19.0 Å². The van der Waals surface area contributed by atoms with Crippen molar-refractivity contribution < 1.29 is 18.3 Å². The molecule has 1 unspecified atom stereocenters. The minimum Gasteiger partial charge on any atom is -0.396 e. The molecule has 1 heterocycles. The fourth-order valence-electron chi connectivity index (χ4n) is 1.19. The maximum atomic E-state index is 12.3. The first-order chi connectivity index (χ1) is 7.93. The molecule has 0 aliphatic rings. The molecule has 0 radical (unpaired) electrons. The Morgan fingerprint density at radius 2 is 2.18 bits per heavy atom. The lowest BCUT2D eigenvalue weighted by molar-refractivity contribution is -0.141.